The van der Waals surface area contributed by atoms with E-state index in [-0.39, 0.29) is 12.1 Å². The Labute approximate surface area is 96.8 Å². The Kier molecular flexibility index (Phi) is 3.15. The van der Waals surface area contributed by atoms with Crippen molar-refractivity contribution in [2.75, 3.05) is 7.11 Å². The number of para-hydroxylation sites is 1. The van der Waals surface area contributed by atoms with Gasteiger partial charge in [-0.1, -0.05) is 12.1 Å². The Morgan fingerprint density at radius 1 is 1.47 bits per heavy atom. The third-order valence-electron chi connectivity index (χ3n) is 2.26. The molecule has 0 atom stereocenters. The standard InChI is InChI=1S/C11H11N3O3/c1-17-13-10(15)6-14-7-12-9-5-3-2-4-8(9)11(14)16/h2-5,7H,6H2,1H3,(H,13,15). The Balaban J connectivity index is 2.39. The molecule has 6 nitrogen and oxygen atoms in total. The summed E-state index contributed by atoms with van der Waals surface area (Å²) in [4.78, 5) is 31.8. The van der Waals surface area contributed by atoms with Crippen molar-refractivity contribution in [3.63, 3.8) is 0 Å². The molecule has 0 saturated heterocycles. The Hall–Kier alpha value is -2.21. The van der Waals surface area contributed by atoms with Crippen LogP contribution in [0.5, 0.6) is 0 Å². The van der Waals surface area contributed by atoms with Gasteiger partial charge in [-0.25, -0.2) is 10.5 Å². The summed E-state index contributed by atoms with van der Waals surface area (Å²) in [7, 11) is 1.33. The molecule has 0 saturated carbocycles. The van der Waals surface area contributed by atoms with Crippen molar-refractivity contribution in [1.29, 1.82) is 0 Å². The molecule has 0 aliphatic carbocycles. The van der Waals surface area contributed by atoms with Crippen molar-refractivity contribution in [1.82, 2.24) is 15.0 Å². The monoisotopic (exact) mass is 233 g/mol. The lowest BCUT2D eigenvalue weighted by Crippen LogP contribution is -2.31. The highest BCUT2D eigenvalue weighted by Crippen LogP contribution is 2.04. The first kappa shape index (κ1) is 11.3. The zero-order valence-corrected chi connectivity index (χ0v) is 9.21. The zero-order valence-electron chi connectivity index (χ0n) is 9.21. The molecule has 6 heteroatoms. The van der Waals surface area contributed by atoms with E-state index in [0.29, 0.717) is 10.9 Å². The molecule has 17 heavy (non-hydrogen) atoms. The normalized spacial score (nSPS) is 10.4. The van der Waals surface area contributed by atoms with Crippen molar-refractivity contribution in [2.24, 2.45) is 0 Å². The minimum Gasteiger partial charge on any atom is -0.289 e. The second-order valence-electron chi connectivity index (χ2n) is 3.42. The fourth-order valence-corrected chi connectivity index (χ4v) is 1.52. The van der Waals surface area contributed by atoms with Crippen LogP contribution in [0.2, 0.25) is 0 Å². The third kappa shape index (κ3) is 2.31. The van der Waals surface area contributed by atoms with Gasteiger partial charge in [0.15, 0.2) is 0 Å². The number of amides is 1. The summed E-state index contributed by atoms with van der Waals surface area (Å²) in [6.07, 6.45) is 1.35. The van der Waals surface area contributed by atoms with E-state index >= 15 is 0 Å². The third-order valence-corrected chi connectivity index (χ3v) is 2.26. The lowest BCUT2D eigenvalue weighted by molar-refractivity contribution is -0.131. The molecule has 0 spiro atoms. The van der Waals surface area contributed by atoms with E-state index in [0.717, 1.165) is 0 Å². The van der Waals surface area contributed by atoms with Gasteiger partial charge in [0.25, 0.3) is 11.5 Å². The minimum absolute atomic E-state index is 0.121. The maximum atomic E-state index is 12.0. The predicted molar refractivity (Wildman–Crippen MR) is 61.2 cm³/mol. The minimum atomic E-state index is -0.410. The van der Waals surface area contributed by atoms with E-state index in [4.69, 9.17) is 0 Å². The average molecular weight is 233 g/mol. The highest BCUT2D eigenvalue weighted by atomic mass is 16.6. The molecule has 0 aliphatic rings. The number of rotatable bonds is 3. The first-order valence-electron chi connectivity index (χ1n) is 4.98. The van der Waals surface area contributed by atoms with Crippen LogP contribution >= 0.6 is 0 Å². The molecule has 1 heterocycles. The van der Waals surface area contributed by atoms with Crippen molar-refractivity contribution in [3.8, 4) is 0 Å². The second kappa shape index (κ2) is 4.75. The largest absolute Gasteiger partial charge is 0.289 e. The summed E-state index contributed by atoms with van der Waals surface area (Å²) in [5, 5.41) is 0.486. The van der Waals surface area contributed by atoms with E-state index in [1.165, 1.54) is 18.0 Å². The molecular weight excluding hydrogens is 222 g/mol. The molecule has 1 amide bonds. The van der Waals surface area contributed by atoms with Gasteiger partial charge in [-0.3, -0.25) is 19.0 Å². The van der Waals surface area contributed by atoms with Gasteiger partial charge in [0.05, 0.1) is 24.3 Å². The molecule has 88 valence electrons. The molecule has 1 aromatic heterocycles. The number of nitrogens with zero attached hydrogens (tertiary/aromatic N) is 2. The summed E-state index contributed by atoms with van der Waals surface area (Å²) in [5.74, 6) is -0.410. The molecule has 1 N–H and O–H groups in total. The van der Waals surface area contributed by atoms with Crippen molar-refractivity contribution >= 4 is 16.8 Å². The molecule has 1 aromatic carbocycles. The number of carbonyl (C=O) groups excluding carboxylic acids is 1. The summed E-state index contributed by atoms with van der Waals surface area (Å²) < 4.78 is 1.23. The number of benzene rings is 1. The van der Waals surface area contributed by atoms with Crippen LogP contribution in [0, 0.1) is 0 Å². The first-order valence-corrected chi connectivity index (χ1v) is 4.98. The number of carbonyl (C=O) groups is 1. The zero-order chi connectivity index (χ0) is 12.3. The van der Waals surface area contributed by atoms with Crippen LogP contribution in [-0.2, 0) is 16.2 Å². The number of hydrogen-bond donors (Lipinski definition) is 1. The molecule has 2 aromatic rings. The number of hydroxylamine groups is 1. The SMILES string of the molecule is CONC(=O)Cn1cnc2ccccc2c1=O. The molecule has 0 radical (unpaired) electrons. The lowest BCUT2D eigenvalue weighted by atomic mass is 10.2. The highest BCUT2D eigenvalue weighted by Gasteiger charge is 2.06. The fourth-order valence-electron chi connectivity index (χ4n) is 1.52. The van der Waals surface area contributed by atoms with Crippen molar-refractivity contribution in [3.05, 3.63) is 40.9 Å². The van der Waals surface area contributed by atoms with Gasteiger partial charge in [-0.05, 0) is 12.1 Å². The maximum Gasteiger partial charge on any atom is 0.263 e. The van der Waals surface area contributed by atoms with Gasteiger partial charge in [0.1, 0.15) is 6.54 Å². The van der Waals surface area contributed by atoms with E-state index in [1.54, 1.807) is 24.3 Å². The van der Waals surface area contributed by atoms with Gasteiger partial charge >= 0.3 is 0 Å². The molecular formula is C11H11N3O3. The smallest absolute Gasteiger partial charge is 0.263 e. The topological polar surface area (TPSA) is 73.2 Å². The average Bonchev–Trinajstić information content (AvgIpc) is 2.33. The highest BCUT2D eigenvalue weighted by molar-refractivity contribution is 5.78. The Bertz CT molecular complexity index is 606. The molecule has 2 rings (SSSR count). The van der Waals surface area contributed by atoms with E-state index in [2.05, 4.69) is 15.3 Å². The van der Waals surface area contributed by atoms with Crippen LogP contribution in [-0.4, -0.2) is 22.6 Å². The van der Waals surface area contributed by atoms with Crippen LogP contribution in [0.3, 0.4) is 0 Å². The number of aromatic nitrogens is 2. The van der Waals surface area contributed by atoms with Gasteiger partial charge < -0.3 is 0 Å². The summed E-state index contributed by atoms with van der Waals surface area (Å²) >= 11 is 0. The van der Waals surface area contributed by atoms with Gasteiger partial charge in [-0.2, -0.15) is 0 Å². The van der Waals surface area contributed by atoms with Crippen LogP contribution in [0.25, 0.3) is 10.9 Å². The molecule has 0 bridgehead atoms. The van der Waals surface area contributed by atoms with Crippen LogP contribution in [0.15, 0.2) is 35.4 Å². The second-order valence-corrected chi connectivity index (χ2v) is 3.42. The Morgan fingerprint density at radius 2 is 2.24 bits per heavy atom. The van der Waals surface area contributed by atoms with Crippen molar-refractivity contribution < 1.29 is 9.63 Å². The number of hydrogen-bond acceptors (Lipinski definition) is 4. The summed E-state index contributed by atoms with van der Waals surface area (Å²) in [6, 6.07) is 6.98. The van der Waals surface area contributed by atoms with Crippen LogP contribution in [0.4, 0.5) is 0 Å². The molecule has 0 unspecified atom stereocenters. The lowest BCUT2D eigenvalue weighted by Gasteiger charge is -2.05. The fraction of sp³-hybridized carbons (Fsp3) is 0.182. The quantitative estimate of drug-likeness (QED) is 0.761. The van der Waals surface area contributed by atoms with Crippen molar-refractivity contribution in [2.45, 2.75) is 6.54 Å². The van der Waals surface area contributed by atoms with E-state index in [9.17, 15) is 9.59 Å². The van der Waals surface area contributed by atoms with Gasteiger partial charge in [0, 0.05) is 0 Å². The van der Waals surface area contributed by atoms with Gasteiger partial charge in [0.2, 0.25) is 0 Å². The van der Waals surface area contributed by atoms with Gasteiger partial charge in [-0.15, -0.1) is 0 Å². The van der Waals surface area contributed by atoms with E-state index < -0.39 is 5.91 Å². The Morgan fingerprint density at radius 3 is 3.00 bits per heavy atom. The molecule has 0 aliphatic heterocycles. The predicted octanol–water partition coefficient (Wildman–Crippen LogP) is 0.0741. The summed E-state index contributed by atoms with van der Waals surface area (Å²) in [5.41, 5.74) is 2.51. The number of fused-ring (bicyclic) bond motifs is 1. The van der Waals surface area contributed by atoms with Crippen LogP contribution < -0.4 is 11.0 Å². The first-order chi connectivity index (χ1) is 8.22. The molecule has 0 fully saturated rings. The maximum absolute atomic E-state index is 12.0. The van der Waals surface area contributed by atoms with E-state index in [1.807, 2.05) is 0 Å². The summed E-state index contributed by atoms with van der Waals surface area (Å²) in [6.45, 7) is -0.121. The number of nitrogens with one attached hydrogen (secondary N) is 1. The van der Waals surface area contributed by atoms with Crippen LogP contribution in [0.1, 0.15) is 0 Å².